The minimum Gasteiger partial charge on any atom is -0.495 e. The lowest BCUT2D eigenvalue weighted by Crippen LogP contribution is -2.27. The van der Waals surface area contributed by atoms with Crippen molar-refractivity contribution in [1.82, 2.24) is 5.32 Å². The number of hydrogen-bond acceptors (Lipinski definition) is 6. The molecule has 2 amide bonds. The number of ether oxygens (including phenoxy) is 1. The second kappa shape index (κ2) is 6.75. The molecule has 1 aromatic carbocycles. The van der Waals surface area contributed by atoms with Gasteiger partial charge in [0.15, 0.2) is 0 Å². The number of aromatic carboxylic acids is 1. The minimum absolute atomic E-state index is 0.0412. The Morgan fingerprint density at radius 2 is 2.23 bits per heavy atom. The molecule has 1 aromatic rings. The predicted octanol–water partition coefficient (Wildman–Crippen LogP) is 1.24. The quantitative estimate of drug-likeness (QED) is 0.693. The zero-order valence-corrected chi connectivity index (χ0v) is 13.0. The SMILES string of the molecule is COc1cc(C(=O)O)ccc1NC(=O)CC1SC(=S)NC1=O. The summed E-state index contributed by atoms with van der Waals surface area (Å²) in [4.78, 5) is 34.4. The number of nitrogens with one attached hydrogen (secondary N) is 2. The van der Waals surface area contributed by atoms with Gasteiger partial charge in [-0.2, -0.15) is 0 Å². The van der Waals surface area contributed by atoms with Crippen molar-refractivity contribution in [3.63, 3.8) is 0 Å². The number of carboxylic acids is 1. The van der Waals surface area contributed by atoms with Crippen LogP contribution in [-0.4, -0.2) is 39.6 Å². The predicted molar refractivity (Wildman–Crippen MR) is 85.3 cm³/mol. The van der Waals surface area contributed by atoms with Crippen LogP contribution in [0.5, 0.6) is 5.75 Å². The van der Waals surface area contributed by atoms with E-state index in [2.05, 4.69) is 10.6 Å². The topological polar surface area (TPSA) is 105 Å². The molecular formula is C13H12N2O5S2. The van der Waals surface area contributed by atoms with Crippen molar-refractivity contribution in [2.75, 3.05) is 12.4 Å². The molecule has 0 spiro atoms. The third kappa shape index (κ3) is 3.74. The normalized spacial score (nSPS) is 17.0. The molecule has 1 fully saturated rings. The summed E-state index contributed by atoms with van der Waals surface area (Å²) in [5.41, 5.74) is 0.384. The summed E-state index contributed by atoms with van der Waals surface area (Å²) in [7, 11) is 1.37. The Bertz CT molecular complexity index is 662. The van der Waals surface area contributed by atoms with Crippen LogP contribution in [0.25, 0.3) is 0 Å². The first-order valence-corrected chi connectivity index (χ1v) is 7.42. The largest absolute Gasteiger partial charge is 0.495 e. The Labute approximate surface area is 135 Å². The lowest BCUT2D eigenvalue weighted by atomic mass is 10.2. The fourth-order valence-corrected chi connectivity index (χ4v) is 3.09. The lowest BCUT2D eigenvalue weighted by Gasteiger charge is -2.12. The highest BCUT2D eigenvalue weighted by Crippen LogP contribution is 2.27. The van der Waals surface area contributed by atoms with E-state index in [-0.39, 0.29) is 23.6 Å². The molecule has 1 atom stereocenters. The molecule has 7 nitrogen and oxygen atoms in total. The highest BCUT2D eigenvalue weighted by Gasteiger charge is 2.31. The summed E-state index contributed by atoms with van der Waals surface area (Å²) in [6.07, 6.45) is -0.0412. The summed E-state index contributed by atoms with van der Waals surface area (Å²) in [5, 5.41) is 13.4. The third-order valence-electron chi connectivity index (χ3n) is 2.86. The summed E-state index contributed by atoms with van der Waals surface area (Å²) in [6, 6.07) is 4.10. The highest BCUT2D eigenvalue weighted by atomic mass is 32.2. The highest BCUT2D eigenvalue weighted by molar-refractivity contribution is 8.24. The minimum atomic E-state index is -1.09. The summed E-state index contributed by atoms with van der Waals surface area (Å²) in [6.45, 7) is 0. The third-order valence-corrected chi connectivity index (χ3v) is 4.23. The van der Waals surface area contributed by atoms with Gasteiger partial charge in [-0.05, 0) is 18.2 Å². The summed E-state index contributed by atoms with van der Waals surface area (Å²) < 4.78 is 5.41. The molecule has 1 saturated heterocycles. The van der Waals surface area contributed by atoms with E-state index in [1.807, 2.05) is 0 Å². The molecule has 9 heteroatoms. The Balaban J connectivity index is 2.06. The van der Waals surface area contributed by atoms with E-state index in [9.17, 15) is 14.4 Å². The van der Waals surface area contributed by atoms with E-state index >= 15 is 0 Å². The van der Waals surface area contributed by atoms with Gasteiger partial charge in [0.2, 0.25) is 11.8 Å². The molecule has 1 aliphatic heterocycles. The average Bonchev–Trinajstić information content (AvgIpc) is 2.76. The number of carbonyl (C=O) groups excluding carboxylic acids is 2. The van der Waals surface area contributed by atoms with Gasteiger partial charge in [0.05, 0.1) is 23.6 Å². The van der Waals surface area contributed by atoms with Crippen molar-refractivity contribution in [3.8, 4) is 5.75 Å². The summed E-state index contributed by atoms with van der Waals surface area (Å²) in [5.74, 6) is -1.55. The smallest absolute Gasteiger partial charge is 0.335 e. The van der Waals surface area contributed by atoms with Crippen molar-refractivity contribution >= 4 is 51.8 Å². The molecule has 0 bridgehead atoms. The van der Waals surface area contributed by atoms with Crippen LogP contribution in [0.15, 0.2) is 18.2 Å². The second-order valence-electron chi connectivity index (χ2n) is 4.36. The monoisotopic (exact) mass is 340 g/mol. The number of anilines is 1. The molecule has 116 valence electrons. The van der Waals surface area contributed by atoms with Gasteiger partial charge in [-0.1, -0.05) is 24.0 Å². The van der Waals surface area contributed by atoms with Crippen LogP contribution in [-0.2, 0) is 9.59 Å². The molecule has 3 N–H and O–H groups in total. The van der Waals surface area contributed by atoms with Gasteiger partial charge in [-0.3, -0.25) is 9.59 Å². The maximum atomic E-state index is 12.0. The number of benzene rings is 1. The van der Waals surface area contributed by atoms with Gasteiger partial charge < -0.3 is 20.5 Å². The first kappa shape index (κ1) is 16.2. The Morgan fingerprint density at radius 3 is 2.77 bits per heavy atom. The zero-order valence-electron chi connectivity index (χ0n) is 11.4. The molecule has 0 aliphatic carbocycles. The molecule has 0 radical (unpaired) electrons. The maximum Gasteiger partial charge on any atom is 0.335 e. The maximum absolute atomic E-state index is 12.0. The average molecular weight is 340 g/mol. The molecule has 1 heterocycles. The van der Waals surface area contributed by atoms with Crippen LogP contribution in [0, 0.1) is 0 Å². The first-order valence-electron chi connectivity index (χ1n) is 6.13. The van der Waals surface area contributed by atoms with Gasteiger partial charge in [0, 0.05) is 6.42 Å². The first-order chi connectivity index (χ1) is 10.4. The molecule has 0 saturated carbocycles. The van der Waals surface area contributed by atoms with E-state index < -0.39 is 17.1 Å². The van der Waals surface area contributed by atoms with E-state index in [1.165, 1.54) is 25.3 Å². The van der Waals surface area contributed by atoms with E-state index in [0.29, 0.717) is 10.0 Å². The Morgan fingerprint density at radius 1 is 1.50 bits per heavy atom. The van der Waals surface area contributed by atoms with E-state index in [4.69, 9.17) is 22.1 Å². The Hall–Kier alpha value is -2.13. The molecule has 1 unspecified atom stereocenters. The second-order valence-corrected chi connectivity index (χ2v) is 6.24. The fourth-order valence-electron chi connectivity index (χ4n) is 1.82. The number of hydrogen-bond donors (Lipinski definition) is 3. The number of amides is 2. The summed E-state index contributed by atoms with van der Waals surface area (Å²) >= 11 is 5.99. The van der Waals surface area contributed by atoms with Crippen LogP contribution >= 0.6 is 24.0 Å². The van der Waals surface area contributed by atoms with Crippen LogP contribution in [0.3, 0.4) is 0 Å². The lowest BCUT2D eigenvalue weighted by molar-refractivity contribution is -0.122. The fraction of sp³-hybridized carbons (Fsp3) is 0.231. The number of carboxylic acid groups (broad SMARTS) is 1. The molecule has 1 aliphatic rings. The number of thiocarbonyl (C=S) groups is 1. The molecular weight excluding hydrogens is 328 g/mol. The van der Waals surface area contributed by atoms with Crippen LogP contribution in [0.2, 0.25) is 0 Å². The van der Waals surface area contributed by atoms with Gasteiger partial charge in [-0.15, -0.1) is 0 Å². The Kier molecular flexibility index (Phi) is 4.99. The van der Waals surface area contributed by atoms with Crippen LogP contribution in [0.4, 0.5) is 5.69 Å². The van der Waals surface area contributed by atoms with Crippen molar-refractivity contribution in [2.45, 2.75) is 11.7 Å². The van der Waals surface area contributed by atoms with Crippen molar-refractivity contribution < 1.29 is 24.2 Å². The molecule has 2 rings (SSSR count). The standard InChI is InChI=1S/C13H12N2O5S2/c1-20-8-4-6(12(18)19)2-3-7(8)14-10(16)5-9-11(17)15-13(21)22-9/h2-4,9H,5H2,1H3,(H,14,16)(H,18,19)(H,15,17,21). The number of carbonyl (C=O) groups is 3. The van der Waals surface area contributed by atoms with Gasteiger partial charge >= 0.3 is 5.97 Å². The number of methoxy groups -OCH3 is 1. The van der Waals surface area contributed by atoms with Crippen molar-refractivity contribution in [1.29, 1.82) is 0 Å². The molecule has 0 aromatic heterocycles. The number of thioether (sulfide) groups is 1. The van der Waals surface area contributed by atoms with Crippen molar-refractivity contribution in [2.24, 2.45) is 0 Å². The van der Waals surface area contributed by atoms with E-state index in [1.54, 1.807) is 0 Å². The molecule has 22 heavy (non-hydrogen) atoms. The van der Waals surface area contributed by atoms with Gasteiger partial charge in [0.25, 0.3) is 0 Å². The van der Waals surface area contributed by atoms with Gasteiger partial charge in [-0.25, -0.2) is 4.79 Å². The van der Waals surface area contributed by atoms with Gasteiger partial charge in [0.1, 0.15) is 10.1 Å². The zero-order chi connectivity index (χ0) is 16.3. The number of rotatable bonds is 5. The van der Waals surface area contributed by atoms with Crippen LogP contribution in [0.1, 0.15) is 16.8 Å². The van der Waals surface area contributed by atoms with Crippen LogP contribution < -0.4 is 15.4 Å². The van der Waals surface area contributed by atoms with E-state index in [0.717, 1.165) is 11.8 Å². The van der Waals surface area contributed by atoms with Crippen molar-refractivity contribution in [3.05, 3.63) is 23.8 Å².